The van der Waals surface area contributed by atoms with Gasteiger partial charge in [-0.15, -0.1) is 0 Å². The Kier molecular flexibility index (Phi) is 3.09. The number of furan rings is 2. The summed E-state index contributed by atoms with van der Waals surface area (Å²) in [5, 5.41) is 4.82. The van der Waals surface area contributed by atoms with Crippen LogP contribution in [0.5, 0.6) is 0 Å². The lowest BCUT2D eigenvalue weighted by atomic mass is 10.1. The zero-order chi connectivity index (χ0) is 13.4. The van der Waals surface area contributed by atoms with Crippen molar-refractivity contribution in [2.75, 3.05) is 7.05 Å². The second-order valence-electron chi connectivity index (χ2n) is 4.50. The van der Waals surface area contributed by atoms with Gasteiger partial charge in [-0.1, -0.05) is 23.7 Å². The minimum Gasteiger partial charge on any atom is -0.467 e. The molecule has 1 aromatic carbocycles. The van der Waals surface area contributed by atoms with Crippen LogP contribution in [0.15, 0.2) is 45.4 Å². The molecule has 0 amide bonds. The lowest BCUT2D eigenvalue weighted by molar-refractivity contribution is 0.412. The van der Waals surface area contributed by atoms with E-state index >= 15 is 0 Å². The summed E-state index contributed by atoms with van der Waals surface area (Å²) < 4.78 is 11.4. The van der Waals surface area contributed by atoms with Crippen molar-refractivity contribution in [3.05, 3.63) is 58.7 Å². The van der Waals surface area contributed by atoms with Crippen LogP contribution in [0.4, 0.5) is 0 Å². The number of rotatable bonds is 3. The van der Waals surface area contributed by atoms with E-state index in [0.717, 1.165) is 22.5 Å². The van der Waals surface area contributed by atoms with E-state index in [9.17, 15) is 0 Å². The number of hydrogen-bond acceptors (Lipinski definition) is 3. The Labute approximate surface area is 116 Å². The number of para-hydroxylation sites is 1. The molecular weight excluding hydrogens is 262 g/mol. The first-order chi connectivity index (χ1) is 9.20. The third-order valence-electron chi connectivity index (χ3n) is 3.25. The number of nitrogens with one attached hydrogen (secondary N) is 1. The molecule has 0 spiro atoms. The SMILES string of the molecule is CNC(c1cc2cccc(Cl)c2o1)c1occc1C. The summed E-state index contributed by atoms with van der Waals surface area (Å²) in [5.74, 6) is 1.65. The second kappa shape index (κ2) is 4.76. The zero-order valence-corrected chi connectivity index (χ0v) is 11.5. The molecule has 2 aromatic heterocycles. The van der Waals surface area contributed by atoms with Crippen LogP contribution in [0, 0.1) is 6.92 Å². The fraction of sp³-hybridized carbons (Fsp3) is 0.200. The average molecular weight is 276 g/mol. The molecule has 1 unspecified atom stereocenters. The van der Waals surface area contributed by atoms with E-state index in [4.69, 9.17) is 20.4 Å². The minimum absolute atomic E-state index is 0.113. The summed E-state index contributed by atoms with van der Waals surface area (Å²) >= 11 is 6.14. The molecule has 0 aliphatic heterocycles. The molecule has 3 rings (SSSR count). The molecule has 1 N–H and O–H groups in total. The number of benzene rings is 1. The van der Waals surface area contributed by atoms with Crippen LogP contribution in [0.1, 0.15) is 23.1 Å². The Morgan fingerprint density at radius 1 is 1.26 bits per heavy atom. The first kappa shape index (κ1) is 12.3. The average Bonchev–Trinajstić information content (AvgIpc) is 2.99. The van der Waals surface area contributed by atoms with E-state index in [2.05, 4.69) is 5.32 Å². The quantitative estimate of drug-likeness (QED) is 0.775. The Morgan fingerprint density at radius 2 is 2.11 bits per heavy atom. The molecule has 1 atom stereocenters. The highest BCUT2D eigenvalue weighted by molar-refractivity contribution is 6.34. The van der Waals surface area contributed by atoms with E-state index in [-0.39, 0.29) is 6.04 Å². The summed E-state index contributed by atoms with van der Waals surface area (Å²) in [6.07, 6.45) is 1.69. The van der Waals surface area contributed by atoms with E-state index in [1.807, 2.05) is 44.3 Å². The van der Waals surface area contributed by atoms with Gasteiger partial charge in [0, 0.05) is 5.39 Å². The molecule has 0 aliphatic rings. The number of fused-ring (bicyclic) bond motifs is 1. The second-order valence-corrected chi connectivity index (χ2v) is 4.90. The van der Waals surface area contributed by atoms with Crippen molar-refractivity contribution < 1.29 is 8.83 Å². The van der Waals surface area contributed by atoms with Gasteiger partial charge in [0.05, 0.1) is 11.3 Å². The fourth-order valence-corrected chi connectivity index (χ4v) is 2.49. The molecule has 0 saturated carbocycles. The van der Waals surface area contributed by atoms with E-state index in [0.29, 0.717) is 10.6 Å². The molecule has 0 fully saturated rings. The first-order valence-corrected chi connectivity index (χ1v) is 6.47. The van der Waals surface area contributed by atoms with E-state index in [1.165, 1.54) is 0 Å². The van der Waals surface area contributed by atoms with Gasteiger partial charge in [0.25, 0.3) is 0 Å². The van der Waals surface area contributed by atoms with Crippen LogP contribution in [-0.4, -0.2) is 7.05 Å². The van der Waals surface area contributed by atoms with Gasteiger partial charge in [-0.3, -0.25) is 0 Å². The summed E-state index contributed by atoms with van der Waals surface area (Å²) in [5.41, 5.74) is 1.80. The zero-order valence-electron chi connectivity index (χ0n) is 10.7. The van der Waals surface area contributed by atoms with Gasteiger partial charge < -0.3 is 14.2 Å². The van der Waals surface area contributed by atoms with Crippen molar-refractivity contribution in [2.24, 2.45) is 0 Å². The lowest BCUT2D eigenvalue weighted by Gasteiger charge is -2.11. The molecule has 98 valence electrons. The fourth-order valence-electron chi connectivity index (χ4n) is 2.27. The lowest BCUT2D eigenvalue weighted by Crippen LogP contribution is -2.17. The van der Waals surface area contributed by atoms with Gasteiger partial charge in [-0.2, -0.15) is 0 Å². The van der Waals surface area contributed by atoms with Gasteiger partial charge in [0.2, 0.25) is 0 Å². The summed E-state index contributed by atoms with van der Waals surface area (Å²) in [4.78, 5) is 0. The van der Waals surface area contributed by atoms with Crippen molar-refractivity contribution >= 4 is 22.6 Å². The monoisotopic (exact) mass is 275 g/mol. The Hall–Kier alpha value is -1.71. The van der Waals surface area contributed by atoms with Gasteiger partial charge in [0.15, 0.2) is 5.58 Å². The van der Waals surface area contributed by atoms with Crippen LogP contribution >= 0.6 is 11.6 Å². The van der Waals surface area contributed by atoms with Gasteiger partial charge in [-0.25, -0.2) is 0 Å². The molecular formula is C15H14ClNO2. The minimum atomic E-state index is -0.113. The molecule has 4 heteroatoms. The highest BCUT2D eigenvalue weighted by Crippen LogP contribution is 2.32. The third kappa shape index (κ3) is 2.05. The van der Waals surface area contributed by atoms with Crippen LogP contribution in [-0.2, 0) is 0 Å². The summed E-state index contributed by atoms with van der Waals surface area (Å²) in [6.45, 7) is 2.01. The Balaban J connectivity index is 2.12. The van der Waals surface area contributed by atoms with Crippen LogP contribution < -0.4 is 5.32 Å². The topological polar surface area (TPSA) is 38.3 Å². The summed E-state index contributed by atoms with van der Waals surface area (Å²) in [7, 11) is 1.88. The van der Waals surface area contributed by atoms with Crippen molar-refractivity contribution in [3.63, 3.8) is 0 Å². The van der Waals surface area contributed by atoms with Crippen LogP contribution in [0.2, 0.25) is 5.02 Å². The van der Waals surface area contributed by atoms with E-state index in [1.54, 1.807) is 6.26 Å². The van der Waals surface area contributed by atoms with Crippen molar-refractivity contribution in [1.29, 1.82) is 0 Å². The highest BCUT2D eigenvalue weighted by Gasteiger charge is 2.21. The molecule has 19 heavy (non-hydrogen) atoms. The van der Waals surface area contributed by atoms with Crippen LogP contribution in [0.25, 0.3) is 11.0 Å². The van der Waals surface area contributed by atoms with Crippen molar-refractivity contribution in [1.82, 2.24) is 5.32 Å². The smallest absolute Gasteiger partial charge is 0.152 e. The number of aryl methyl sites for hydroxylation is 1. The Morgan fingerprint density at radius 3 is 2.74 bits per heavy atom. The van der Waals surface area contributed by atoms with E-state index < -0.39 is 0 Å². The van der Waals surface area contributed by atoms with Crippen LogP contribution in [0.3, 0.4) is 0 Å². The number of hydrogen-bond donors (Lipinski definition) is 1. The summed E-state index contributed by atoms with van der Waals surface area (Å²) in [6, 6.07) is 9.54. The molecule has 3 aromatic rings. The molecule has 0 aliphatic carbocycles. The third-order valence-corrected chi connectivity index (χ3v) is 3.55. The van der Waals surface area contributed by atoms with Gasteiger partial charge in [0.1, 0.15) is 17.6 Å². The molecule has 0 saturated heterocycles. The molecule has 3 nitrogen and oxygen atoms in total. The maximum atomic E-state index is 6.14. The van der Waals surface area contributed by atoms with Gasteiger partial charge >= 0.3 is 0 Å². The standard InChI is InChI=1S/C15H14ClNO2/c1-9-6-7-18-14(9)13(17-2)12-8-10-4-3-5-11(16)15(10)19-12/h3-8,13,17H,1-2H3. The molecule has 0 bridgehead atoms. The Bertz CT molecular complexity index is 714. The van der Waals surface area contributed by atoms with Crippen molar-refractivity contribution in [2.45, 2.75) is 13.0 Å². The largest absolute Gasteiger partial charge is 0.467 e. The first-order valence-electron chi connectivity index (χ1n) is 6.10. The molecule has 0 radical (unpaired) electrons. The maximum Gasteiger partial charge on any atom is 0.152 e. The predicted octanol–water partition coefficient (Wildman–Crippen LogP) is 4.30. The molecule has 2 heterocycles. The highest BCUT2D eigenvalue weighted by atomic mass is 35.5. The normalized spacial score (nSPS) is 13.0. The maximum absolute atomic E-state index is 6.14. The number of halogens is 1. The van der Waals surface area contributed by atoms with Gasteiger partial charge in [-0.05, 0) is 37.7 Å². The van der Waals surface area contributed by atoms with Crippen molar-refractivity contribution in [3.8, 4) is 0 Å². The predicted molar refractivity (Wildman–Crippen MR) is 75.6 cm³/mol.